The molecule has 41 heavy (non-hydrogen) atoms. The van der Waals surface area contributed by atoms with Gasteiger partial charge in [0.05, 0.1) is 23.3 Å². The van der Waals surface area contributed by atoms with E-state index >= 15 is 0 Å². The number of benzene rings is 8. The summed E-state index contributed by atoms with van der Waals surface area (Å²) in [5.74, 6) is 0. The molecule has 0 aliphatic carbocycles. The SMILES string of the molecule is [2H]c1c(-c2c3c([2H])c([2H])c([2H])c([2H])c3c(-c3ccc4ccccc4c3)c3c([2H])c([2H])c([2H])c([2H])c23)c([2H])c2c(oc3c4c([2H])c([2H])c([2H])c([2H])c4c([2H])c([2H])c32)c1[2H]. The van der Waals surface area contributed by atoms with Gasteiger partial charge in [0.15, 0.2) is 0 Å². The maximum atomic E-state index is 9.72. The number of rotatable bonds is 2. The first-order chi connectivity index (χ1) is 27.4. The summed E-state index contributed by atoms with van der Waals surface area (Å²) in [5.41, 5.74) is -1.24. The van der Waals surface area contributed by atoms with Crippen molar-refractivity contribution < 1.29 is 27.7 Å². The summed E-state index contributed by atoms with van der Waals surface area (Å²) in [4.78, 5) is 0. The molecule has 1 aromatic heterocycles. The number of hydrogen-bond donors (Lipinski definition) is 0. The van der Waals surface area contributed by atoms with Crippen LogP contribution in [0.5, 0.6) is 0 Å². The van der Waals surface area contributed by atoms with Gasteiger partial charge < -0.3 is 4.42 Å². The lowest BCUT2D eigenvalue weighted by Crippen LogP contribution is -1.91. The van der Waals surface area contributed by atoms with Gasteiger partial charge in [-0.05, 0) is 84.2 Å². The molecule has 9 rings (SSSR count). The highest BCUT2D eigenvalue weighted by atomic mass is 16.3. The molecule has 0 bridgehead atoms. The van der Waals surface area contributed by atoms with Gasteiger partial charge in [-0.1, -0.05) is 121 Å². The van der Waals surface area contributed by atoms with Crippen LogP contribution in [0.2, 0.25) is 0 Å². The summed E-state index contributed by atoms with van der Waals surface area (Å²) < 4.78 is 158. The molecule has 190 valence electrons. The summed E-state index contributed by atoms with van der Waals surface area (Å²) in [6.07, 6.45) is 0. The van der Waals surface area contributed by atoms with Gasteiger partial charge in [0, 0.05) is 16.2 Å². The highest BCUT2D eigenvalue weighted by Gasteiger charge is 2.18. The van der Waals surface area contributed by atoms with E-state index in [0.717, 1.165) is 10.8 Å². The van der Waals surface area contributed by atoms with Crippen LogP contribution in [-0.2, 0) is 0 Å². The lowest BCUT2D eigenvalue weighted by molar-refractivity contribution is 0.672. The fourth-order valence-electron chi connectivity index (χ4n) is 5.54. The molecule has 0 unspecified atom stereocenters. The third kappa shape index (κ3) is 3.30. The summed E-state index contributed by atoms with van der Waals surface area (Å²) in [6, 6.07) is 1.46. The maximum Gasteiger partial charge on any atom is 0.143 e. The molecule has 0 fully saturated rings. The van der Waals surface area contributed by atoms with Crippen LogP contribution in [0, 0.1) is 0 Å². The smallest absolute Gasteiger partial charge is 0.143 e. The zero-order valence-electron chi connectivity index (χ0n) is 37.9. The van der Waals surface area contributed by atoms with E-state index in [1.54, 1.807) is 24.3 Å². The van der Waals surface area contributed by atoms with E-state index < -0.39 is 114 Å². The molecule has 0 aliphatic rings. The maximum absolute atomic E-state index is 9.72. The molecule has 1 heterocycles. The molecule has 0 amide bonds. The van der Waals surface area contributed by atoms with Gasteiger partial charge in [0.1, 0.15) is 11.2 Å². The van der Waals surface area contributed by atoms with Crippen molar-refractivity contribution in [1.29, 1.82) is 0 Å². The molecule has 0 N–H and O–H groups in total. The van der Waals surface area contributed by atoms with Crippen molar-refractivity contribution in [3.63, 3.8) is 0 Å². The minimum absolute atomic E-state index is 0.0467. The van der Waals surface area contributed by atoms with E-state index in [0.29, 0.717) is 5.56 Å². The van der Waals surface area contributed by atoms with Crippen molar-refractivity contribution in [2.24, 2.45) is 0 Å². The van der Waals surface area contributed by atoms with E-state index in [1.165, 1.54) is 0 Å². The minimum Gasteiger partial charge on any atom is -0.455 e. The number of furan rings is 1. The van der Waals surface area contributed by atoms with Gasteiger partial charge in [0.2, 0.25) is 0 Å². The van der Waals surface area contributed by atoms with Crippen molar-refractivity contribution in [2.75, 3.05) is 0 Å². The van der Waals surface area contributed by atoms with Crippen molar-refractivity contribution >= 4 is 65.0 Å². The van der Waals surface area contributed by atoms with E-state index in [-0.39, 0.29) is 59.8 Å². The predicted octanol–water partition coefficient (Wildman–Crippen LogP) is 11.5. The van der Waals surface area contributed by atoms with Crippen molar-refractivity contribution in [2.45, 2.75) is 0 Å². The summed E-state index contributed by atoms with van der Waals surface area (Å²) >= 11 is 0. The first-order valence-corrected chi connectivity index (χ1v) is 12.7. The molecule has 1 heteroatoms. The van der Waals surface area contributed by atoms with Gasteiger partial charge in [0.25, 0.3) is 0 Å². The van der Waals surface area contributed by atoms with Gasteiger partial charge in [-0.15, -0.1) is 0 Å². The average Bonchev–Trinajstić information content (AvgIpc) is 3.62. The average molecular weight is 538 g/mol. The molecule has 0 saturated carbocycles. The van der Waals surface area contributed by atoms with Gasteiger partial charge in [-0.3, -0.25) is 0 Å². The van der Waals surface area contributed by atoms with Crippen LogP contribution < -0.4 is 0 Å². The Labute approximate surface area is 260 Å². The highest BCUT2D eigenvalue weighted by molar-refractivity contribution is 6.23. The largest absolute Gasteiger partial charge is 0.455 e. The van der Waals surface area contributed by atoms with E-state index in [1.807, 2.05) is 18.2 Å². The standard InChI is InChI=1S/C40H24O/c1-2-11-27-23-28(18-17-25(27)9-1)38-31-13-5-7-15-33(31)39(34-16-8-6-14-32(34)38)29-20-22-37-36(24-29)35-21-19-26-10-3-4-12-30(26)40(35)41-37/h1-24H/i3D,4D,5D,6D,7D,8D,10D,12D,13D,14D,15D,16D,19D,20D,21D,22D,24D. The molecule has 8 aromatic carbocycles. The molecular formula is C40H24O. The summed E-state index contributed by atoms with van der Waals surface area (Å²) in [7, 11) is 0. The van der Waals surface area contributed by atoms with E-state index in [9.17, 15) is 9.60 Å². The zero-order valence-corrected chi connectivity index (χ0v) is 20.9. The predicted molar refractivity (Wildman–Crippen MR) is 175 cm³/mol. The van der Waals surface area contributed by atoms with Crippen LogP contribution in [0.15, 0.2) is 150 Å². The second-order valence-corrected chi connectivity index (χ2v) is 9.57. The quantitative estimate of drug-likeness (QED) is 0.200. The third-order valence-corrected chi connectivity index (χ3v) is 7.35. The number of hydrogen-bond acceptors (Lipinski definition) is 1. The molecule has 0 spiro atoms. The van der Waals surface area contributed by atoms with Gasteiger partial charge in [-0.25, -0.2) is 0 Å². The monoisotopic (exact) mass is 537 g/mol. The fraction of sp³-hybridized carbons (Fsp3) is 0. The highest BCUT2D eigenvalue weighted by Crippen LogP contribution is 2.45. The topological polar surface area (TPSA) is 13.1 Å². The van der Waals surface area contributed by atoms with E-state index in [4.69, 9.17) is 18.1 Å². The van der Waals surface area contributed by atoms with Gasteiger partial charge in [-0.2, -0.15) is 0 Å². The Hall–Kier alpha value is -5.40. The van der Waals surface area contributed by atoms with Crippen molar-refractivity contribution in [1.82, 2.24) is 0 Å². The lowest BCUT2D eigenvalue weighted by Gasteiger charge is -2.18. The normalized spacial score (nSPS) is 17.7. The Morgan fingerprint density at radius 2 is 1.07 bits per heavy atom. The Kier molecular flexibility index (Phi) is 2.42. The molecular weight excluding hydrogens is 496 g/mol. The molecule has 9 aromatic rings. The third-order valence-electron chi connectivity index (χ3n) is 7.35. The summed E-state index contributed by atoms with van der Waals surface area (Å²) in [6.45, 7) is 0. The summed E-state index contributed by atoms with van der Waals surface area (Å²) in [5, 5.41) is -0.621. The zero-order chi connectivity index (χ0) is 41.7. The van der Waals surface area contributed by atoms with Gasteiger partial charge >= 0.3 is 0 Å². The first kappa shape index (κ1) is 11.6. The molecule has 1 nitrogen and oxygen atoms in total. The molecule has 0 radical (unpaired) electrons. The van der Waals surface area contributed by atoms with E-state index in [2.05, 4.69) is 0 Å². The minimum atomic E-state index is -0.735. The fourth-order valence-corrected chi connectivity index (χ4v) is 5.54. The Morgan fingerprint density at radius 3 is 1.80 bits per heavy atom. The molecule has 0 atom stereocenters. The van der Waals surface area contributed by atoms with Crippen LogP contribution in [0.1, 0.15) is 23.3 Å². The number of fused-ring (bicyclic) bond motifs is 8. The second-order valence-electron chi connectivity index (χ2n) is 9.57. The van der Waals surface area contributed by atoms with Crippen LogP contribution in [0.3, 0.4) is 0 Å². The Balaban J connectivity index is 1.59. The first-order valence-electron chi connectivity index (χ1n) is 21.2. The van der Waals surface area contributed by atoms with Crippen LogP contribution in [0.4, 0.5) is 0 Å². The van der Waals surface area contributed by atoms with Crippen LogP contribution in [0.25, 0.3) is 87.3 Å². The van der Waals surface area contributed by atoms with Crippen LogP contribution >= 0.6 is 0 Å². The van der Waals surface area contributed by atoms with Crippen molar-refractivity contribution in [3.8, 4) is 22.3 Å². The lowest BCUT2D eigenvalue weighted by atomic mass is 9.85. The van der Waals surface area contributed by atoms with Crippen molar-refractivity contribution in [3.05, 3.63) is 145 Å². The molecule has 0 aliphatic heterocycles. The second kappa shape index (κ2) is 8.55. The van der Waals surface area contributed by atoms with Crippen LogP contribution in [-0.4, -0.2) is 0 Å². The molecule has 0 saturated heterocycles. The Bertz CT molecular complexity index is 3340. The Morgan fingerprint density at radius 1 is 0.439 bits per heavy atom.